The number of para-hydroxylation sites is 2. The Balaban J connectivity index is 2.19. The lowest BCUT2D eigenvalue weighted by atomic mass is 10.2. The summed E-state index contributed by atoms with van der Waals surface area (Å²) in [5.74, 6) is 0.879. The van der Waals surface area contributed by atoms with E-state index in [9.17, 15) is 4.79 Å². The number of carbonyl (C=O) groups is 1. The minimum absolute atomic E-state index is 0.364. The number of carbonyl (C=O) groups excluding carboxylic acids is 1. The van der Waals surface area contributed by atoms with Crippen LogP contribution in [0, 0.1) is 0 Å². The first kappa shape index (κ1) is 13.8. The Kier molecular flexibility index (Phi) is 4.50. The molecule has 2 rings (SSSR count). The van der Waals surface area contributed by atoms with Gasteiger partial charge in [0.25, 0.3) is 0 Å². The Morgan fingerprint density at radius 3 is 2.45 bits per heavy atom. The van der Waals surface area contributed by atoms with Crippen LogP contribution in [0.4, 0.5) is 5.69 Å². The van der Waals surface area contributed by atoms with Gasteiger partial charge < -0.3 is 9.47 Å². The van der Waals surface area contributed by atoms with Crippen LogP contribution in [0.2, 0.25) is 0 Å². The smallest absolute Gasteiger partial charge is 0.308 e. The molecule has 0 heterocycles. The van der Waals surface area contributed by atoms with Gasteiger partial charge in [0.05, 0.1) is 7.11 Å². The number of esters is 1. The Labute approximate surface area is 117 Å². The van der Waals surface area contributed by atoms with Crippen LogP contribution in [0.25, 0.3) is 0 Å². The molecule has 0 N–H and O–H groups in total. The Morgan fingerprint density at radius 2 is 1.80 bits per heavy atom. The van der Waals surface area contributed by atoms with Gasteiger partial charge in [0, 0.05) is 13.1 Å². The van der Waals surface area contributed by atoms with Crippen molar-refractivity contribution in [1.29, 1.82) is 0 Å². The normalized spacial score (nSPS) is 10.5. The van der Waals surface area contributed by atoms with E-state index in [1.165, 1.54) is 6.92 Å². The Hall–Kier alpha value is -2.62. The fourth-order valence-corrected chi connectivity index (χ4v) is 1.64. The molecule has 0 atom stereocenters. The van der Waals surface area contributed by atoms with Gasteiger partial charge in [-0.25, -0.2) is 0 Å². The molecule has 0 amide bonds. The first-order chi connectivity index (χ1) is 9.69. The van der Waals surface area contributed by atoms with Gasteiger partial charge >= 0.3 is 5.97 Å². The van der Waals surface area contributed by atoms with E-state index < -0.39 is 0 Å². The molecule has 2 aromatic rings. The lowest BCUT2D eigenvalue weighted by Crippen LogP contribution is -2.01. The summed E-state index contributed by atoms with van der Waals surface area (Å²) < 4.78 is 10.2. The van der Waals surface area contributed by atoms with Gasteiger partial charge in [0.15, 0.2) is 5.75 Å². The molecule has 0 fully saturated rings. The third-order valence-corrected chi connectivity index (χ3v) is 2.59. The van der Waals surface area contributed by atoms with Crippen LogP contribution in [0.15, 0.2) is 53.5 Å². The number of aliphatic imine (C=N–C) groups is 1. The maximum atomic E-state index is 11.0. The molecule has 0 aliphatic heterocycles. The number of hydrogen-bond acceptors (Lipinski definition) is 4. The first-order valence-electron chi connectivity index (χ1n) is 6.14. The highest BCUT2D eigenvalue weighted by Crippen LogP contribution is 2.26. The van der Waals surface area contributed by atoms with Crippen LogP contribution in [0.5, 0.6) is 11.5 Å². The highest BCUT2D eigenvalue weighted by Gasteiger charge is 2.03. The van der Waals surface area contributed by atoms with Crippen molar-refractivity contribution in [2.75, 3.05) is 7.11 Å². The topological polar surface area (TPSA) is 47.9 Å². The fraction of sp³-hybridized carbons (Fsp3) is 0.125. The van der Waals surface area contributed by atoms with Crippen LogP contribution < -0.4 is 9.47 Å². The van der Waals surface area contributed by atoms with Crippen molar-refractivity contribution in [2.45, 2.75) is 6.92 Å². The van der Waals surface area contributed by atoms with E-state index >= 15 is 0 Å². The van der Waals surface area contributed by atoms with Gasteiger partial charge in [-0.2, -0.15) is 0 Å². The zero-order valence-corrected chi connectivity index (χ0v) is 11.4. The molecular formula is C16H15NO3. The lowest BCUT2D eigenvalue weighted by Gasteiger charge is -2.04. The monoisotopic (exact) mass is 269 g/mol. The predicted molar refractivity (Wildman–Crippen MR) is 78.0 cm³/mol. The number of benzene rings is 2. The van der Waals surface area contributed by atoms with Crippen LogP contribution in [0.3, 0.4) is 0 Å². The van der Waals surface area contributed by atoms with Gasteiger partial charge in [-0.05, 0) is 42.0 Å². The summed E-state index contributed by atoms with van der Waals surface area (Å²) in [6, 6.07) is 14.7. The predicted octanol–water partition coefficient (Wildman–Crippen LogP) is 3.37. The SMILES string of the molecule is COc1ccc(C=Nc2ccccc2OC(C)=O)cc1. The van der Waals surface area contributed by atoms with Crippen molar-refractivity contribution in [3.63, 3.8) is 0 Å². The molecule has 0 bridgehead atoms. The maximum Gasteiger partial charge on any atom is 0.308 e. The first-order valence-corrected chi connectivity index (χ1v) is 6.14. The number of nitrogens with zero attached hydrogens (tertiary/aromatic N) is 1. The van der Waals surface area contributed by atoms with Crippen LogP contribution in [-0.2, 0) is 4.79 Å². The van der Waals surface area contributed by atoms with Crippen LogP contribution >= 0.6 is 0 Å². The molecule has 102 valence electrons. The minimum atomic E-state index is -0.364. The third-order valence-electron chi connectivity index (χ3n) is 2.59. The standard InChI is InChI=1S/C16H15NO3/c1-12(18)20-16-6-4-3-5-15(16)17-11-13-7-9-14(19-2)10-8-13/h3-11H,1-2H3. The zero-order chi connectivity index (χ0) is 14.4. The van der Waals surface area contributed by atoms with Gasteiger partial charge in [0.2, 0.25) is 0 Å². The molecule has 0 radical (unpaired) electrons. The number of hydrogen-bond donors (Lipinski definition) is 0. The van der Waals surface area contributed by atoms with Crippen molar-refractivity contribution in [3.8, 4) is 11.5 Å². The van der Waals surface area contributed by atoms with Gasteiger partial charge in [0.1, 0.15) is 11.4 Å². The second-order valence-corrected chi connectivity index (χ2v) is 4.09. The highest BCUT2D eigenvalue weighted by atomic mass is 16.5. The molecule has 0 aliphatic rings. The molecule has 4 heteroatoms. The van der Waals surface area contributed by atoms with Crippen LogP contribution in [-0.4, -0.2) is 19.3 Å². The maximum absolute atomic E-state index is 11.0. The van der Waals surface area contributed by atoms with E-state index in [2.05, 4.69) is 4.99 Å². The summed E-state index contributed by atoms with van der Waals surface area (Å²) in [5, 5.41) is 0. The summed E-state index contributed by atoms with van der Waals surface area (Å²) in [7, 11) is 1.62. The minimum Gasteiger partial charge on any atom is -0.497 e. The Bertz CT molecular complexity index is 618. The molecule has 4 nitrogen and oxygen atoms in total. The summed E-state index contributed by atoms with van der Waals surface area (Å²) in [4.78, 5) is 15.4. The van der Waals surface area contributed by atoms with Gasteiger partial charge in [-0.1, -0.05) is 12.1 Å². The third kappa shape index (κ3) is 3.68. The average Bonchev–Trinajstić information content (AvgIpc) is 2.46. The molecule has 0 unspecified atom stereocenters. The molecule has 0 saturated carbocycles. The molecule has 20 heavy (non-hydrogen) atoms. The Morgan fingerprint density at radius 1 is 1.10 bits per heavy atom. The van der Waals surface area contributed by atoms with Crippen molar-refractivity contribution in [3.05, 3.63) is 54.1 Å². The number of rotatable bonds is 4. The molecular weight excluding hydrogens is 254 g/mol. The van der Waals surface area contributed by atoms with Gasteiger partial charge in [-0.3, -0.25) is 9.79 Å². The summed E-state index contributed by atoms with van der Waals surface area (Å²) >= 11 is 0. The largest absolute Gasteiger partial charge is 0.497 e. The van der Waals surface area contributed by atoms with E-state index in [0.717, 1.165) is 11.3 Å². The zero-order valence-electron chi connectivity index (χ0n) is 11.4. The lowest BCUT2D eigenvalue weighted by molar-refractivity contribution is -0.131. The summed E-state index contributed by atoms with van der Waals surface area (Å²) in [6.07, 6.45) is 1.71. The highest BCUT2D eigenvalue weighted by molar-refractivity contribution is 5.83. The fourth-order valence-electron chi connectivity index (χ4n) is 1.64. The number of ether oxygens (including phenoxy) is 2. The second kappa shape index (κ2) is 6.52. The summed E-state index contributed by atoms with van der Waals surface area (Å²) in [6.45, 7) is 1.37. The molecule has 2 aromatic carbocycles. The van der Waals surface area contributed by atoms with Gasteiger partial charge in [-0.15, -0.1) is 0 Å². The van der Waals surface area contributed by atoms with E-state index in [0.29, 0.717) is 11.4 Å². The quantitative estimate of drug-likeness (QED) is 0.485. The average molecular weight is 269 g/mol. The molecule has 0 saturated heterocycles. The molecule has 0 aromatic heterocycles. The van der Waals surface area contributed by atoms with E-state index in [1.54, 1.807) is 31.5 Å². The summed E-state index contributed by atoms with van der Waals surface area (Å²) in [5.41, 5.74) is 1.54. The van der Waals surface area contributed by atoms with Crippen molar-refractivity contribution >= 4 is 17.9 Å². The second-order valence-electron chi connectivity index (χ2n) is 4.09. The van der Waals surface area contributed by atoms with E-state index in [4.69, 9.17) is 9.47 Å². The van der Waals surface area contributed by atoms with E-state index in [-0.39, 0.29) is 5.97 Å². The molecule has 0 spiro atoms. The molecule has 0 aliphatic carbocycles. The number of methoxy groups -OCH3 is 1. The van der Waals surface area contributed by atoms with E-state index in [1.807, 2.05) is 30.3 Å². The van der Waals surface area contributed by atoms with Crippen molar-refractivity contribution in [1.82, 2.24) is 0 Å². The van der Waals surface area contributed by atoms with Crippen molar-refractivity contribution in [2.24, 2.45) is 4.99 Å². The van der Waals surface area contributed by atoms with Crippen molar-refractivity contribution < 1.29 is 14.3 Å². The van der Waals surface area contributed by atoms with Crippen LogP contribution in [0.1, 0.15) is 12.5 Å².